The second-order valence-electron chi connectivity index (χ2n) is 5.53. The van der Waals surface area contributed by atoms with Crippen LogP contribution in [0.4, 0.5) is 17.6 Å². The maximum Gasteiger partial charge on any atom is 0.198 e. The first-order chi connectivity index (χ1) is 12.0. The molecule has 0 fully saturated rings. The smallest absolute Gasteiger partial charge is 0.198 e. The van der Waals surface area contributed by atoms with Crippen molar-refractivity contribution in [2.24, 2.45) is 0 Å². The minimum atomic E-state index is -1.83. The number of nitrogens with zero attached hydrogens (tertiary/aromatic N) is 1. The molecular weight excluding hydrogens is 445 g/mol. The van der Waals surface area contributed by atoms with Crippen LogP contribution >= 0.6 is 22.6 Å². The first-order valence-corrected chi connectivity index (χ1v) is 8.36. The van der Waals surface area contributed by atoms with Crippen molar-refractivity contribution in [1.82, 2.24) is 4.98 Å². The van der Waals surface area contributed by atoms with Crippen molar-refractivity contribution in [3.8, 4) is 11.1 Å². The minimum Gasteiger partial charge on any atom is -0.255 e. The predicted octanol–water partition coefficient (Wildman–Crippen LogP) is 6.22. The average molecular weight is 453 g/mol. The van der Waals surface area contributed by atoms with Gasteiger partial charge in [-0.25, -0.2) is 17.6 Å². The molecule has 25 heavy (non-hydrogen) atoms. The second kappa shape index (κ2) is 5.94. The number of halogens is 5. The fourth-order valence-electron chi connectivity index (χ4n) is 2.87. The molecule has 0 unspecified atom stereocenters. The molecule has 0 aliphatic heterocycles. The molecule has 0 saturated carbocycles. The maximum absolute atomic E-state index is 14.2. The van der Waals surface area contributed by atoms with Crippen LogP contribution in [0.3, 0.4) is 0 Å². The third kappa shape index (κ3) is 2.47. The number of aromatic nitrogens is 1. The quantitative estimate of drug-likeness (QED) is 0.110. The summed E-state index contributed by atoms with van der Waals surface area (Å²) in [5.41, 5.74) is 0.544. The van der Waals surface area contributed by atoms with Gasteiger partial charge >= 0.3 is 0 Å². The molecule has 0 aliphatic rings. The molecular formula is C19H8F4IN. The largest absolute Gasteiger partial charge is 0.255 e. The zero-order chi connectivity index (χ0) is 17.7. The molecule has 0 atom stereocenters. The van der Waals surface area contributed by atoms with E-state index >= 15 is 0 Å². The molecule has 0 aliphatic carbocycles. The summed E-state index contributed by atoms with van der Waals surface area (Å²) >= 11 is 1.46. The van der Waals surface area contributed by atoms with E-state index in [9.17, 15) is 17.6 Å². The summed E-state index contributed by atoms with van der Waals surface area (Å²) in [7, 11) is 0. The lowest BCUT2D eigenvalue weighted by Crippen LogP contribution is -2.03. The number of rotatable bonds is 1. The standard InChI is InChI=1S/C19H8F4IN/c20-14-13(18(24)17(23)16(22)15(14)21)11-7-10-6-5-9-3-1-2-4-12(9)19(10)25-8-11/h1-8H. The summed E-state index contributed by atoms with van der Waals surface area (Å²) in [4.78, 5) is 4.34. The van der Waals surface area contributed by atoms with Crippen LogP contribution in [0.5, 0.6) is 0 Å². The van der Waals surface area contributed by atoms with Gasteiger partial charge in [-0.3, -0.25) is 4.98 Å². The fourth-order valence-corrected chi connectivity index (χ4v) is 3.65. The Morgan fingerprint density at radius 2 is 1.44 bits per heavy atom. The van der Waals surface area contributed by atoms with E-state index in [2.05, 4.69) is 4.98 Å². The third-order valence-electron chi connectivity index (χ3n) is 4.07. The highest BCUT2D eigenvalue weighted by Gasteiger charge is 2.25. The van der Waals surface area contributed by atoms with Gasteiger partial charge in [0.25, 0.3) is 0 Å². The molecule has 3 aromatic carbocycles. The highest BCUT2D eigenvalue weighted by molar-refractivity contribution is 14.1. The summed E-state index contributed by atoms with van der Waals surface area (Å²) in [5.74, 6) is -6.48. The van der Waals surface area contributed by atoms with Crippen LogP contribution in [0.25, 0.3) is 32.8 Å². The van der Waals surface area contributed by atoms with Crippen molar-refractivity contribution in [3.63, 3.8) is 0 Å². The van der Waals surface area contributed by atoms with Gasteiger partial charge in [0.1, 0.15) is 0 Å². The summed E-state index contributed by atoms with van der Waals surface area (Å²) in [5, 5.41) is 2.60. The highest BCUT2D eigenvalue weighted by atomic mass is 127. The number of benzene rings is 3. The van der Waals surface area contributed by atoms with Crippen LogP contribution in [0.1, 0.15) is 0 Å². The molecule has 0 radical (unpaired) electrons. The van der Waals surface area contributed by atoms with Gasteiger partial charge in [0.2, 0.25) is 0 Å². The Hall–Kier alpha value is -2.22. The summed E-state index contributed by atoms with van der Waals surface area (Å²) in [6.07, 6.45) is 1.34. The normalized spacial score (nSPS) is 11.4. The summed E-state index contributed by atoms with van der Waals surface area (Å²) < 4.78 is 54.7. The second-order valence-corrected chi connectivity index (χ2v) is 6.61. The van der Waals surface area contributed by atoms with E-state index < -0.39 is 23.3 Å². The van der Waals surface area contributed by atoms with Gasteiger partial charge in [0, 0.05) is 28.1 Å². The van der Waals surface area contributed by atoms with Crippen molar-refractivity contribution in [2.45, 2.75) is 0 Å². The van der Waals surface area contributed by atoms with Gasteiger partial charge < -0.3 is 0 Å². The number of hydrogen-bond donors (Lipinski definition) is 0. The molecule has 0 bridgehead atoms. The van der Waals surface area contributed by atoms with Crippen LogP contribution < -0.4 is 0 Å². The van der Waals surface area contributed by atoms with Crippen molar-refractivity contribution in [1.29, 1.82) is 0 Å². The fraction of sp³-hybridized carbons (Fsp3) is 0. The lowest BCUT2D eigenvalue weighted by atomic mass is 10.0. The summed E-state index contributed by atoms with van der Waals surface area (Å²) in [6, 6.07) is 12.9. The molecule has 4 rings (SSSR count). The van der Waals surface area contributed by atoms with Crippen LogP contribution in [0.2, 0.25) is 0 Å². The molecule has 1 aromatic heterocycles. The van der Waals surface area contributed by atoms with Gasteiger partial charge in [-0.2, -0.15) is 0 Å². The van der Waals surface area contributed by atoms with E-state index in [1.54, 1.807) is 12.1 Å². The SMILES string of the molecule is Fc1c(F)c(F)c(-c2cnc3c(ccc4ccccc43)c2)c(I)c1F. The minimum absolute atomic E-state index is 0.183. The van der Waals surface area contributed by atoms with Crippen LogP contribution in [0.15, 0.2) is 48.7 Å². The third-order valence-corrected chi connectivity index (χ3v) is 5.09. The number of hydrogen-bond acceptors (Lipinski definition) is 1. The lowest BCUT2D eigenvalue weighted by Gasteiger charge is -2.11. The summed E-state index contributed by atoms with van der Waals surface area (Å²) in [6.45, 7) is 0. The molecule has 0 N–H and O–H groups in total. The number of pyridine rings is 1. The molecule has 0 amide bonds. The van der Waals surface area contributed by atoms with Gasteiger partial charge in [0.15, 0.2) is 23.3 Å². The van der Waals surface area contributed by atoms with Crippen LogP contribution in [0, 0.1) is 26.8 Å². The maximum atomic E-state index is 14.2. The monoisotopic (exact) mass is 453 g/mol. The highest BCUT2D eigenvalue weighted by Crippen LogP contribution is 2.35. The lowest BCUT2D eigenvalue weighted by molar-refractivity contribution is 0.408. The molecule has 0 saturated heterocycles. The Labute approximate surface area is 153 Å². The Balaban J connectivity index is 2.02. The van der Waals surface area contributed by atoms with E-state index in [4.69, 9.17) is 0 Å². The number of fused-ring (bicyclic) bond motifs is 3. The Morgan fingerprint density at radius 1 is 0.760 bits per heavy atom. The Kier molecular flexibility index (Phi) is 3.87. The predicted molar refractivity (Wildman–Crippen MR) is 97.2 cm³/mol. The van der Waals surface area contributed by atoms with Crippen molar-refractivity contribution in [3.05, 3.63) is 75.5 Å². The first-order valence-electron chi connectivity index (χ1n) is 7.28. The molecule has 6 heteroatoms. The average Bonchev–Trinajstić information content (AvgIpc) is 2.64. The zero-order valence-corrected chi connectivity index (χ0v) is 14.6. The zero-order valence-electron chi connectivity index (χ0n) is 12.5. The first kappa shape index (κ1) is 16.3. The van der Waals surface area contributed by atoms with E-state index in [-0.39, 0.29) is 14.7 Å². The molecule has 124 valence electrons. The van der Waals surface area contributed by atoms with Crippen LogP contribution in [-0.4, -0.2) is 4.98 Å². The molecule has 1 heterocycles. The van der Waals surface area contributed by atoms with Crippen molar-refractivity contribution < 1.29 is 17.6 Å². The molecule has 4 aromatic rings. The Morgan fingerprint density at radius 3 is 2.24 bits per heavy atom. The molecule has 1 nitrogen and oxygen atoms in total. The van der Waals surface area contributed by atoms with Gasteiger partial charge in [-0.1, -0.05) is 36.4 Å². The van der Waals surface area contributed by atoms with E-state index in [0.29, 0.717) is 10.9 Å². The Bertz CT molecular complexity index is 1130. The molecule has 0 spiro atoms. The van der Waals surface area contributed by atoms with Crippen molar-refractivity contribution in [2.75, 3.05) is 0 Å². The van der Waals surface area contributed by atoms with Gasteiger partial charge in [0.05, 0.1) is 9.09 Å². The van der Waals surface area contributed by atoms with Crippen molar-refractivity contribution >= 4 is 44.3 Å². The topological polar surface area (TPSA) is 12.9 Å². The van der Waals surface area contributed by atoms with Gasteiger partial charge in [-0.05, 0) is 34.0 Å². The van der Waals surface area contributed by atoms with E-state index in [0.717, 1.165) is 10.8 Å². The van der Waals surface area contributed by atoms with E-state index in [1.165, 1.54) is 28.8 Å². The van der Waals surface area contributed by atoms with Gasteiger partial charge in [-0.15, -0.1) is 0 Å². The van der Waals surface area contributed by atoms with Crippen LogP contribution in [-0.2, 0) is 0 Å². The van der Waals surface area contributed by atoms with E-state index in [1.807, 2.05) is 30.3 Å².